The molecule has 80 valence electrons. The largest absolute Gasteiger partial charge is 0.375 e. The maximum absolute atomic E-state index is 5.73. The molecule has 2 aliphatic carbocycles. The van der Waals surface area contributed by atoms with Crippen LogP contribution in [0, 0.1) is 0 Å². The molecule has 0 amide bonds. The number of halogens is 2. The van der Waals surface area contributed by atoms with Crippen molar-refractivity contribution in [3.8, 4) is 0 Å². The Kier molecular flexibility index (Phi) is 2.12. The molecule has 0 aromatic heterocycles. The highest BCUT2D eigenvalue weighted by atomic mass is 79.9. The van der Waals surface area contributed by atoms with Crippen LogP contribution in [-0.4, -0.2) is 15.9 Å². The van der Waals surface area contributed by atoms with Crippen molar-refractivity contribution in [3.05, 3.63) is 35.4 Å². The van der Waals surface area contributed by atoms with E-state index in [-0.39, 0.29) is 8.83 Å². The van der Waals surface area contributed by atoms with E-state index < -0.39 is 0 Å². The number of methoxy groups -OCH3 is 1. The molecule has 2 aliphatic rings. The normalized spacial score (nSPS) is 35.5. The van der Waals surface area contributed by atoms with E-state index in [2.05, 4.69) is 56.1 Å². The van der Waals surface area contributed by atoms with Gasteiger partial charge in [0.15, 0.2) is 0 Å². The molecule has 15 heavy (non-hydrogen) atoms. The molecular weight excluding hydrogens is 320 g/mol. The lowest BCUT2D eigenvalue weighted by atomic mass is 9.90. The summed E-state index contributed by atoms with van der Waals surface area (Å²) < 4.78 is 5.67. The molecule has 0 heterocycles. The minimum Gasteiger partial charge on any atom is -0.375 e. The SMILES string of the molecule is CO[C@@]12CCc3ccccc3[C@@H]1C2(Br)Br. The Morgan fingerprint density at radius 2 is 2.07 bits per heavy atom. The first-order valence-electron chi connectivity index (χ1n) is 5.14. The minimum atomic E-state index is -0.0612. The monoisotopic (exact) mass is 330 g/mol. The smallest absolute Gasteiger partial charge is 0.120 e. The van der Waals surface area contributed by atoms with Gasteiger partial charge in [0, 0.05) is 13.0 Å². The van der Waals surface area contributed by atoms with Crippen LogP contribution >= 0.6 is 31.9 Å². The first kappa shape index (κ1) is 10.3. The fourth-order valence-corrected chi connectivity index (χ4v) is 5.09. The number of fused-ring (bicyclic) bond motifs is 3. The van der Waals surface area contributed by atoms with Gasteiger partial charge in [0.1, 0.15) is 8.83 Å². The second-order valence-electron chi connectivity index (χ2n) is 4.35. The molecule has 0 spiro atoms. The Bertz CT molecular complexity index is 416. The van der Waals surface area contributed by atoms with Gasteiger partial charge in [0.25, 0.3) is 0 Å². The average Bonchev–Trinajstić information content (AvgIpc) is 2.77. The van der Waals surface area contributed by atoms with Gasteiger partial charge in [0.05, 0.1) is 0 Å². The van der Waals surface area contributed by atoms with Crippen LogP contribution < -0.4 is 0 Å². The molecule has 2 atom stereocenters. The molecule has 1 nitrogen and oxygen atoms in total. The van der Waals surface area contributed by atoms with Crippen molar-refractivity contribution >= 4 is 31.9 Å². The molecule has 1 fully saturated rings. The molecule has 0 aliphatic heterocycles. The van der Waals surface area contributed by atoms with E-state index in [4.69, 9.17) is 4.74 Å². The Morgan fingerprint density at radius 3 is 2.80 bits per heavy atom. The third kappa shape index (κ3) is 1.12. The first-order valence-corrected chi connectivity index (χ1v) is 6.73. The third-order valence-corrected chi connectivity index (χ3v) is 6.06. The van der Waals surface area contributed by atoms with Crippen molar-refractivity contribution in [2.75, 3.05) is 7.11 Å². The predicted molar refractivity (Wildman–Crippen MR) is 67.8 cm³/mol. The molecule has 3 rings (SSSR count). The highest BCUT2D eigenvalue weighted by molar-refractivity contribution is 9.25. The summed E-state index contributed by atoms with van der Waals surface area (Å²) in [6.45, 7) is 0. The van der Waals surface area contributed by atoms with E-state index in [1.54, 1.807) is 0 Å². The maximum Gasteiger partial charge on any atom is 0.120 e. The van der Waals surface area contributed by atoms with E-state index in [0.29, 0.717) is 5.92 Å². The standard InChI is InChI=1S/C12H12Br2O/c1-15-11-7-6-8-4-2-3-5-9(8)10(11)12(11,13)14/h2-5,10H,6-7H2,1H3/t10-,11-/m0/s1. The van der Waals surface area contributed by atoms with Gasteiger partial charge in [-0.15, -0.1) is 0 Å². The van der Waals surface area contributed by atoms with Gasteiger partial charge in [-0.1, -0.05) is 56.1 Å². The van der Waals surface area contributed by atoms with Crippen LogP contribution in [-0.2, 0) is 11.2 Å². The summed E-state index contributed by atoms with van der Waals surface area (Å²) in [5, 5.41) is 0. The Hall–Kier alpha value is 0.140. The van der Waals surface area contributed by atoms with Crippen molar-refractivity contribution in [1.29, 1.82) is 0 Å². The minimum absolute atomic E-state index is 0.0403. The van der Waals surface area contributed by atoms with Crippen molar-refractivity contribution < 1.29 is 4.74 Å². The second-order valence-corrected chi connectivity index (χ2v) is 7.91. The van der Waals surface area contributed by atoms with Gasteiger partial charge in [-0.3, -0.25) is 0 Å². The van der Waals surface area contributed by atoms with Crippen LogP contribution in [0.3, 0.4) is 0 Å². The molecular formula is C12H12Br2O. The number of ether oxygens (including phenoxy) is 1. The molecule has 1 aromatic carbocycles. The number of hydrogen-bond acceptors (Lipinski definition) is 1. The van der Waals surface area contributed by atoms with E-state index in [1.165, 1.54) is 11.1 Å². The topological polar surface area (TPSA) is 9.23 Å². The highest BCUT2D eigenvalue weighted by Crippen LogP contribution is 2.75. The van der Waals surface area contributed by atoms with Gasteiger partial charge in [-0.2, -0.15) is 0 Å². The molecule has 0 unspecified atom stereocenters. The summed E-state index contributed by atoms with van der Waals surface area (Å²) in [4.78, 5) is 0. The fraction of sp³-hybridized carbons (Fsp3) is 0.500. The van der Waals surface area contributed by atoms with E-state index in [9.17, 15) is 0 Å². The van der Waals surface area contributed by atoms with E-state index in [0.717, 1.165) is 12.8 Å². The molecule has 1 aromatic rings. The molecule has 1 saturated carbocycles. The third-order valence-electron chi connectivity index (χ3n) is 3.81. The summed E-state index contributed by atoms with van der Waals surface area (Å²) in [6.07, 6.45) is 2.20. The Labute approximate surface area is 106 Å². The van der Waals surface area contributed by atoms with Crippen molar-refractivity contribution in [1.82, 2.24) is 0 Å². The summed E-state index contributed by atoms with van der Waals surface area (Å²) in [6, 6.07) is 8.67. The van der Waals surface area contributed by atoms with Crippen molar-refractivity contribution in [3.63, 3.8) is 0 Å². The van der Waals surface area contributed by atoms with Gasteiger partial charge < -0.3 is 4.74 Å². The molecule has 0 radical (unpaired) electrons. The lowest BCUT2D eigenvalue weighted by molar-refractivity contribution is 0.0640. The number of benzene rings is 1. The van der Waals surface area contributed by atoms with Crippen molar-refractivity contribution in [2.45, 2.75) is 27.6 Å². The second kappa shape index (κ2) is 3.08. The zero-order valence-corrected chi connectivity index (χ0v) is 11.6. The van der Waals surface area contributed by atoms with Crippen LogP contribution in [0.4, 0.5) is 0 Å². The predicted octanol–water partition coefficient (Wildman–Crippen LogP) is 3.60. The number of hydrogen-bond donors (Lipinski definition) is 0. The van der Waals surface area contributed by atoms with E-state index >= 15 is 0 Å². The van der Waals surface area contributed by atoms with Crippen LogP contribution in [0.1, 0.15) is 23.5 Å². The molecule has 0 bridgehead atoms. The summed E-state index contributed by atoms with van der Waals surface area (Å²) in [7, 11) is 1.81. The quantitative estimate of drug-likeness (QED) is 0.714. The maximum atomic E-state index is 5.73. The van der Waals surface area contributed by atoms with Gasteiger partial charge in [-0.25, -0.2) is 0 Å². The number of rotatable bonds is 1. The lowest BCUT2D eigenvalue weighted by Gasteiger charge is -2.22. The first-order chi connectivity index (χ1) is 7.13. The highest BCUT2D eigenvalue weighted by Gasteiger charge is 2.77. The zero-order valence-electron chi connectivity index (χ0n) is 8.47. The summed E-state index contributed by atoms with van der Waals surface area (Å²) >= 11 is 7.52. The van der Waals surface area contributed by atoms with Crippen LogP contribution in [0.5, 0.6) is 0 Å². The fourth-order valence-electron chi connectivity index (χ4n) is 2.91. The summed E-state index contributed by atoms with van der Waals surface area (Å²) in [5.74, 6) is 0.444. The summed E-state index contributed by atoms with van der Waals surface area (Å²) in [5.41, 5.74) is 2.86. The van der Waals surface area contributed by atoms with E-state index in [1.807, 2.05) is 7.11 Å². The zero-order chi connectivity index (χ0) is 10.7. The van der Waals surface area contributed by atoms with Gasteiger partial charge in [-0.05, 0) is 24.0 Å². The number of aryl methyl sites for hydroxylation is 1. The Morgan fingerprint density at radius 1 is 1.33 bits per heavy atom. The Balaban J connectivity index is 2.11. The van der Waals surface area contributed by atoms with Crippen LogP contribution in [0.15, 0.2) is 24.3 Å². The van der Waals surface area contributed by atoms with Crippen LogP contribution in [0.2, 0.25) is 0 Å². The van der Waals surface area contributed by atoms with Crippen molar-refractivity contribution in [2.24, 2.45) is 0 Å². The molecule has 3 heteroatoms. The van der Waals surface area contributed by atoms with Gasteiger partial charge >= 0.3 is 0 Å². The number of alkyl halides is 2. The lowest BCUT2D eigenvalue weighted by Crippen LogP contribution is -2.23. The average molecular weight is 332 g/mol. The molecule has 0 N–H and O–H groups in total. The van der Waals surface area contributed by atoms with Crippen LogP contribution in [0.25, 0.3) is 0 Å². The molecule has 0 saturated heterocycles. The van der Waals surface area contributed by atoms with Gasteiger partial charge in [0.2, 0.25) is 0 Å².